The summed E-state index contributed by atoms with van der Waals surface area (Å²) in [5.41, 5.74) is 2.36. The van der Waals surface area contributed by atoms with E-state index < -0.39 is 29.7 Å². The molecule has 2 amide bonds. The second kappa shape index (κ2) is 5.92. The van der Waals surface area contributed by atoms with Gasteiger partial charge in [0.25, 0.3) is 0 Å². The number of hydrogen-bond donors (Lipinski definition) is 0. The summed E-state index contributed by atoms with van der Waals surface area (Å²) >= 11 is 0. The summed E-state index contributed by atoms with van der Waals surface area (Å²) in [6.07, 6.45) is 3.06. The van der Waals surface area contributed by atoms with Gasteiger partial charge in [-0.1, -0.05) is 24.3 Å². The van der Waals surface area contributed by atoms with Gasteiger partial charge in [0.2, 0.25) is 11.8 Å². The van der Waals surface area contributed by atoms with E-state index in [0.717, 1.165) is 16.0 Å². The van der Waals surface area contributed by atoms with Crippen molar-refractivity contribution < 1.29 is 19.2 Å². The van der Waals surface area contributed by atoms with Crippen LogP contribution in [0.5, 0.6) is 0 Å². The molecule has 7 atom stereocenters. The maximum absolute atomic E-state index is 13.8. The maximum Gasteiger partial charge on any atom is 0.234 e. The van der Waals surface area contributed by atoms with E-state index in [1.54, 1.807) is 18.3 Å². The average molecular weight is 401 g/mol. The Labute approximate surface area is 172 Å². The van der Waals surface area contributed by atoms with Crippen molar-refractivity contribution in [2.75, 3.05) is 7.05 Å². The Morgan fingerprint density at radius 2 is 1.77 bits per heavy atom. The third kappa shape index (κ3) is 2.00. The van der Waals surface area contributed by atoms with Crippen LogP contribution in [-0.4, -0.2) is 57.3 Å². The molecule has 6 rings (SSSR count). The van der Waals surface area contributed by atoms with Crippen molar-refractivity contribution >= 4 is 23.4 Å². The van der Waals surface area contributed by atoms with E-state index >= 15 is 0 Å². The molecule has 7 nitrogen and oxygen atoms in total. The smallest absolute Gasteiger partial charge is 0.234 e. The molecule has 1 aromatic heterocycles. The maximum atomic E-state index is 13.8. The molecule has 0 radical (unpaired) electrons. The van der Waals surface area contributed by atoms with Gasteiger partial charge in [0.05, 0.1) is 23.8 Å². The van der Waals surface area contributed by atoms with Gasteiger partial charge < -0.3 is 0 Å². The lowest BCUT2D eigenvalue weighted by molar-refractivity contribution is -0.145. The van der Waals surface area contributed by atoms with Crippen LogP contribution in [0.1, 0.15) is 27.4 Å². The first-order valence-corrected chi connectivity index (χ1v) is 10.1. The Hall–Kier alpha value is -3.19. The lowest BCUT2D eigenvalue weighted by Crippen LogP contribution is -2.60. The molecule has 7 heteroatoms. The minimum absolute atomic E-state index is 0.242. The molecule has 30 heavy (non-hydrogen) atoms. The van der Waals surface area contributed by atoms with Crippen LogP contribution >= 0.6 is 0 Å². The summed E-state index contributed by atoms with van der Waals surface area (Å²) in [6.45, 7) is 0.513. The Balaban J connectivity index is 1.56. The second-order valence-electron chi connectivity index (χ2n) is 8.61. The first-order chi connectivity index (χ1) is 14.5. The van der Waals surface area contributed by atoms with Gasteiger partial charge in [-0.2, -0.15) is 0 Å². The number of likely N-dealkylation sites (tertiary alicyclic amines) is 1. The highest BCUT2D eigenvalue weighted by Gasteiger charge is 2.71. The molecule has 0 N–H and O–H groups in total. The third-order valence-electron chi connectivity index (χ3n) is 7.39. The second-order valence-corrected chi connectivity index (χ2v) is 8.61. The molecule has 3 fully saturated rings. The largest absolute Gasteiger partial charge is 0.297 e. The molecular formula is C23H19N3O4. The predicted octanol–water partition coefficient (Wildman–Crippen LogP) is 1.04. The van der Waals surface area contributed by atoms with Gasteiger partial charge in [0.15, 0.2) is 11.6 Å². The van der Waals surface area contributed by atoms with E-state index in [0.29, 0.717) is 12.1 Å². The van der Waals surface area contributed by atoms with Crippen molar-refractivity contribution in [3.05, 3.63) is 65.5 Å². The van der Waals surface area contributed by atoms with Gasteiger partial charge >= 0.3 is 0 Å². The van der Waals surface area contributed by atoms with Gasteiger partial charge in [-0.25, -0.2) is 0 Å². The summed E-state index contributed by atoms with van der Waals surface area (Å²) in [7, 11) is 1.49. The van der Waals surface area contributed by atoms with E-state index in [1.165, 1.54) is 13.2 Å². The Bertz CT molecular complexity index is 1130. The van der Waals surface area contributed by atoms with Crippen molar-refractivity contribution in [3.63, 3.8) is 0 Å². The molecular weight excluding hydrogens is 382 g/mol. The fourth-order valence-corrected chi connectivity index (χ4v) is 6.23. The fraction of sp³-hybridized carbons (Fsp3) is 0.348. The number of rotatable bonds is 2. The number of carbonyl (C=O) groups is 4. The summed E-state index contributed by atoms with van der Waals surface area (Å²) in [4.78, 5) is 60.4. The van der Waals surface area contributed by atoms with E-state index in [1.807, 2.05) is 29.2 Å². The zero-order valence-corrected chi connectivity index (χ0v) is 16.3. The number of carbonyl (C=O) groups excluding carboxylic acids is 4. The molecule has 0 spiro atoms. The van der Waals surface area contributed by atoms with Crippen LogP contribution in [0.25, 0.3) is 0 Å². The number of imide groups is 1. The van der Waals surface area contributed by atoms with Crippen molar-refractivity contribution in [1.82, 2.24) is 14.8 Å². The summed E-state index contributed by atoms with van der Waals surface area (Å²) in [5, 5.41) is 0. The number of nitrogens with zero attached hydrogens (tertiary/aromatic N) is 3. The standard InChI is InChI=1S/C23H19N3O4/c1-25-22(29)15-16(23(25)30)19-21(28)17(20(27)11-6-4-8-24-9-11)14-13-7-3-2-5-12(13)10-26(19)18(14)15/h2-9,14-19H,10H2,1H3/t14?,15-,16+,17+,18-,19+/m1/s1. The molecule has 4 aliphatic rings. The van der Waals surface area contributed by atoms with E-state index in [2.05, 4.69) is 4.98 Å². The quantitative estimate of drug-likeness (QED) is 0.425. The minimum Gasteiger partial charge on any atom is -0.297 e. The average Bonchev–Trinajstić information content (AvgIpc) is 3.16. The Morgan fingerprint density at radius 3 is 2.53 bits per heavy atom. The van der Waals surface area contributed by atoms with Crippen LogP contribution < -0.4 is 0 Å². The molecule has 4 bridgehead atoms. The van der Waals surface area contributed by atoms with Crippen LogP contribution in [0.3, 0.4) is 0 Å². The number of pyridine rings is 1. The topological polar surface area (TPSA) is 87.7 Å². The summed E-state index contributed by atoms with van der Waals surface area (Å²) < 4.78 is 0. The normalized spacial score (nSPS) is 36.0. The zero-order chi connectivity index (χ0) is 20.7. The van der Waals surface area contributed by atoms with Crippen LogP contribution in [-0.2, 0) is 20.9 Å². The SMILES string of the molecule is CN1C(=O)[C@@H]2[C@H](C1=O)[C@H]1C(=O)[C@H](C(=O)c3cccnc3)C3c4ccccc4CN1[C@H]32. The van der Waals surface area contributed by atoms with E-state index in [9.17, 15) is 19.2 Å². The molecule has 1 aromatic carbocycles. The Morgan fingerprint density at radius 1 is 1.00 bits per heavy atom. The molecule has 5 heterocycles. The summed E-state index contributed by atoms with van der Waals surface area (Å²) in [6, 6.07) is 10.1. The first kappa shape index (κ1) is 17.7. The van der Waals surface area contributed by atoms with Crippen LogP contribution in [0.2, 0.25) is 0 Å². The monoisotopic (exact) mass is 401 g/mol. The van der Waals surface area contributed by atoms with Crippen LogP contribution in [0.4, 0.5) is 0 Å². The van der Waals surface area contributed by atoms with E-state index in [-0.39, 0.29) is 29.4 Å². The highest BCUT2D eigenvalue weighted by Crippen LogP contribution is 2.57. The van der Waals surface area contributed by atoms with Gasteiger partial charge in [0.1, 0.15) is 0 Å². The minimum atomic E-state index is -0.918. The molecule has 2 aromatic rings. The van der Waals surface area contributed by atoms with Crippen LogP contribution in [0, 0.1) is 17.8 Å². The Kier molecular flexibility index (Phi) is 3.48. The van der Waals surface area contributed by atoms with Gasteiger partial charge in [0, 0.05) is 43.5 Å². The fourth-order valence-electron chi connectivity index (χ4n) is 6.23. The highest BCUT2D eigenvalue weighted by atomic mass is 16.2. The summed E-state index contributed by atoms with van der Waals surface area (Å²) in [5.74, 6) is -3.74. The number of Topliss-reactive ketones (excluding diaryl/α,β-unsaturated/α-hetero) is 2. The van der Waals surface area contributed by atoms with Crippen molar-refractivity contribution in [2.45, 2.75) is 24.5 Å². The van der Waals surface area contributed by atoms with Crippen molar-refractivity contribution in [3.8, 4) is 0 Å². The predicted molar refractivity (Wildman–Crippen MR) is 104 cm³/mol. The first-order valence-electron chi connectivity index (χ1n) is 10.1. The van der Waals surface area contributed by atoms with Gasteiger partial charge in [-0.15, -0.1) is 0 Å². The van der Waals surface area contributed by atoms with Gasteiger partial charge in [-0.3, -0.25) is 34.0 Å². The lowest BCUT2D eigenvalue weighted by atomic mass is 9.67. The van der Waals surface area contributed by atoms with Crippen molar-refractivity contribution in [1.29, 1.82) is 0 Å². The van der Waals surface area contributed by atoms with E-state index in [4.69, 9.17) is 0 Å². The highest BCUT2D eigenvalue weighted by molar-refractivity contribution is 6.17. The third-order valence-corrected chi connectivity index (χ3v) is 7.39. The number of aromatic nitrogens is 1. The molecule has 3 saturated heterocycles. The number of hydrogen-bond acceptors (Lipinski definition) is 6. The van der Waals surface area contributed by atoms with Crippen molar-refractivity contribution in [2.24, 2.45) is 17.8 Å². The zero-order valence-electron chi connectivity index (χ0n) is 16.3. The molecule has 150 valence electrons. The van der Waals surface area contributed by atoms with Crippen LogP contribution in [0.15, 0.2) is 48.8 Å². The van der Waals surface area contributed by atoms with Gasteiger partial charge in [-0.05, 0) is 23.3 Å². The number of amides is 2. The number of fused-ring (bicyclic) bond motifs is 4. The number of benzene rings is 1. The lowest BCUT2D eigenvalue weighted by Gasteiger charge is -2.48. The molecule has 4 aliphatic heterocycles. The molecule has 0 aliphatic carbocycles. The number of piperidine rings is 1. The number of ketones is 2. The molecule has 0 saturated carbocycles. The molecule has 2 unspecified atom stereocenters.